The van der Waals surface area contributed by atoms with E-state index in [1.807, 2.05) is 6.92 Å². The van der Waals surface area contributed by atoms with Crippen molar-refractivity contribution in [3.8, 4) is 0 Å². The average Bonchev–Trinajstić information content (AvgIpc) is 2.46. The molecular formula is C14H22N6O2. The molecule has 0 atom stereocenters. The molecule has 1 aromatic carbocycles. The van der Waals surface area contributed by atoms with Gasteiger partial charge >= 0.3 is 0 Å². The Bertz CT molecular complexity index is 552. The lowest BCUT2D eigenvalue weighted by atomic mass is 10.1. The van der Waals surface area contributed by atoms with E-state index in [1.165, 1.54) is 0 Å². The molecule has 0 spiro atoms. The van der Waals surface area contributed by atoms with Crippen molar-refractivity contribution < 1.29 is 9.53 Å². The van der Waals surface area contributed by atoms with E-state index in [-0.39, 0.29) is 17.8 Å². The Hall–Kier alpha value is -2.61. The molecule has 0 aliphatic carbocycles. The van der Waals surface area contributed by atoms with Crippen LogP contribution in [-0.2, 0) is 4.74 Å². The van der Waals surface area contributed by atoms with E-state index in [9.17, 15) is 4.79 Å². The monoisotopic (exact) mass is 306 g/mol. The zero-order valence-electron chi connectivity index (χ0n) is 12.6. The minimum absolute atomic E-state index is 0.114. The Morgan fingerprint density at radius 2 is 2.00 bits per heavy atom. The van der Waals surface area contributed by atoms with Gasteiger partial charge in [-0.15, -0.1) is 0 Å². The number of nitrogens with zero attached hydrogens (tertiary/aromatic N) is 2. The van der Waals surface area contributed by atoms with Crippen LogP contribution in [0.1, 0.15) is 23.7 Å². The molecule has 120 valence electrons. The molecule has 7 N–H and O–H groups in total. The molecule has 1 amide bonds. The number of hydrogen-bond donors (Lipinski definition) is 4. The lowest BCUT2D eigenvalue weighted by Crippen LogP contribution is -2.27. The van der Waals surface area contributed by atoms with Crippen molar-refractivity contribution in [2.75, 3.05) is 19.8 Å². The molecule has 22 heavy (non-hydrogen) atoms. The van der Waals surface area contributed by atoms with Crippen molar-refractivity contribution in [1.82, 2.24) is 5.32 Å². The van der Waals surface area contributed by atoms with Crippen molar-refractivity contribution >= 4 is 23.5 Å². The Labute approximate surface area is 129 Å². The average molecular weight is 306 g/mol. The van der Waals surface area contributed by atoms with Crippen LogP contribution in [0.5, 0.6) is 0 Å². The van der Waals surface area contributed by atoms with Gasteiger partial charge in [0, 0.05) is 19.8 Å². The van der Waals surface area contributed by atoms with Crippen molar-refractivity contribution in [2.24, 2.45) is 27.2 Å². The number of guanidine groups is 2. The first-order valence-corrected chi connectivity index (χ1v) is 6.93. The summed E-state index contributed by atoms with van der Waals surface area (Å²) in [6, 6.07) is 6.79. The predicted molar refractivity (Wildman–Crippen MR) is 87.0 cm³/mol. The first-order chi connectivity index (χ1) is 10.5. The van der Waals surface area contributed by atoms with E-state index >= 15 is 0 Å². The fourth-order valence-corrected chi connectivity index (χ4v) is 1.66. The van der Waals surface area contributed by atoms with Crippen molar-refractivity contribution in [3.05, 3.63) is 29.8 Å². The first-order valence-electron chi connectivity index (χ1n) is 6.93. The molecule has 0 heterocycles. The SMILES string of the molecule is CCOCCCNC(=O)c1ccccc1N=C(N)N=C(N)N. The highest BCUT2D eigenvalue weighted by Gasteiger charge is 2.10. The number of carbonyl (C=O) groups is 1. The standard InChI is InChI=1S/C14H22N6O2/c1-2-22-9-5-8-18-12(21)10-6-3-4-7-11(10)19-14(17)20-13(15)16/h3-4,6-7H,2,5,8-9H2,1H3,(H,18,21)(H6,15,16,17,19,20). The Balaban J connectivity index is 2.74. The van der Waals surface area contributed by atoms with Gasteiger partial charge in [-0.3, -0.25) is 4.79 Å². The van der Waals surface area contributed by atoms with Crippen LogP contribution in [0.3, 0.4) is 0 Å². The van der Waals surface area contributed by atoms with Gasteiger partial charge in [0.25, 0.3) is 5.91 Å². The number of aliphatic imine (C=N–C) groups is 2. The van der Waals surface area contributed by atoms with Gasteiger partial charge in [-0.25, -0.2) is 4.99 Å². The molecule has 0 fully saturated rings. The number of nitrogens with two attached hydrogens (primary N) is 3. The van der Waals surface area contributed by atoms with Crippen LogP contribution in [0, 0.1) is 0 Å². The lowest BCUT2D eigenvalue weighted by molar-refractivity contribution is 0.0945. The quantitative estimate of drug-likeness (QED) is 0.320. The number of carbonyl (C=O) groups excluding carboxylic acids is 1. The fraction of sp³-hybridized carbons (Fsp3) is 0.357. The summed E-state index contributed by atoms with van der Waals surface area (Å²) in [6.07, 6.45) is 0.737. The normalized spacial score (nSPS) is 11.0. The number of rotatable bonds is 7. The van der Waals surface area contributed by atoms with E-state index < -0.39 is 0 Å². The van der Waals surface area contributed by atoms with Gasteiger partial charge in [0.15, 0.2) is 5.96 Å². The molecule has 8 heteroatoms. The van der Waals surface area contributed by atoms with Crippen LogP contribution in [0.2, 0.25) is 0 Å². The summed E-state index contributed by atoms with van der Waals surface area (Å²) in [5, 5.41) is 2.80. The van der Waals surface area contributed by atoms with Gasteiger partial charge in [0.05, 0.1) is 11.3 Å². The molecule has 0 unspecified atom stereocenters. The van der Waals surface area contributed by atoms with Crippen LogP contribution in [0.4, 0.5) is 5.69 Å². The van der Waals surface area contributed by atoms with Gasteiger partial charge in [-0.2, -0.15) is 4.99 Å². The second-order valence-electron chi connectivity index (χ2n) is 4.33. The third kappa shape index (κ3) is 6.23. The van der Waals surface area contributed by atoms with E-state index in [4.69, 9.17) is 21.9 Å². The smallest absolute Gasteiger partial charge is 0.253 e. The number of nitrogens with one attached hydrogen (secondary N) is 1. The molecule has 1 aromatic rings. The molecule has 0 aliphatic heterocycles. The van der Waals surface area contributed by atoms with E-state index in [1.54, 1.807) is 24.3 Å². The summed E-state index contributed by atoms with van der Waals surface area (Å²) in [6.45, 7) is 3.71. The highest BCUT2D eigenvalue weighted by atomic mass is 16.5. The molecule has 0 radical (unpaired) electrons. The van der Waals surface area contributed by atoms with Gasteiger partial charge < -0.3 is 27.3 Å². The van der Waals surface area contributed by atoms with E-state index in [0.717, 1.165) is 6.42 Å². The van der Waals surface area contributed by atoms with Gasteiger partial charge in [-0.1, -0.05) is 12.1 Å². The number of para-hydroxylation sites is 1. The molecule has 0 aliphatic rings. The summed E-state index contributed by atoms with van der Waals surface area (Å²) in [5.74, 6) is -0.552. The predicted octanol–water partition coefficient (Wildman–Crippen LogP) is 0.0626. The zero-order valence-corrected chi connectivity index (χ0v) is 12.6. The first kappa shape index (κ1) is 17.4. The third-order valence-electron chi connectivity index (χ3n) is 2.58. The van der Waals surface area contributed by atoms with Crippen molar-refractivity contribution in [1.29, 1.82) is 0 Å². The van der Waals surface area contributed by atoms with Crippen LogP contribution in [0.25, 0.3) is 0 Å². The number of benzene rings is 1. The van der Waals surface area contributed by atoms with Crippen molar-refractivity contribution in [3.63, 3.8) is 0 Å². The van der Waals surface area contributed by atoms with Gasteiger partial charge in [0.2, 0.25) is 5.96 Å². The van der Waals surface area contributed by atoms with E-state index in [2.05, 4.69) is 15.3 Å². The number of hydrogen-bond acceptors (Lipinski definition) is 3. The lowest BCUT2D eigenvalue weighted by Gasteiger charge is -2.07. The molecular weight excluding hydrogens is 284 g/mol. The second kappa shape index (κ2) is 9.35. The second-order valence-corrected chi connectivity index (χ2v) is 4.33. The number of ether oxygens (including phenoxy) is 1. The van der Waals surface area contributed by atoms with Gasteiger partial charge in [-0.05, 0) is 25.5 Å². The van der Waals surface area contributed by atoms with Crippen molar-refractivity contribution in [2.45, 2.75) is 13.3 Å². The van der Waals surface area contributed by atoms with Gasteiger partial charge in [0.1, 0.15) is 0 Å². The maximum absolute atomic E-state index is 12.2. The maximum atomic E-state index is 12.2. The largest absolute Gasteiger partial charge is 0.382 e. The minimum Gasteiger partial charge on any atom is -0.382 e. The van der Waals surface area contributed by atoms with Crippen LogP contribution in [0.15, 0.2) is 34.3 Å². The molecule has 0 saturated carbocycles. The molecule has 0 saturated heterocycles. The zero-order chi connectivity index (χ0) is 16.4. The Kier molecular flexibility index (Phi) is 7.41. The topological polar surface area (TPSA) is 141 Å². The summed E-state index contributed by atoms with van der Waals surface area (Å²) in [7, 11) is 0. The molecule has 0 aromatic heterocycles. The highest BCUT2D eigenvalue weighted by Crippen LogP contribution is 2.18. The van der Waals surface area contributed by atoms with Crippen LogP contribution >= 0.6 is 0 Å². The maximum Gasteiger partial charge on any atom is 0.253 e. The third-order valence-corrected chi connectivity index (χ3v) is 2.58. The Morgan fingerprint density at radius 1 is 1.27 bits per heavy atom. The summed E-state index contributed by atoms with van der Waals surface area (Å²) in [5.41, 5.74) is 16.8. The summed E-state index contributed by atoms with van der Waals surface area (Å²) >= 11 is 0. The summed E-state index contributed by atoms with van der Waals surface area (Å²) in [4.78, 5) is 19.8. The molecule has 1 rings (SSSR count). The van der Waals surface area contributed by atoms with Crippen LogP contribution < -0.4 is 22.5 Å². The minimum atomic E-state index is -0.242. The van der Waals surface area contributed by atoms with E-state index in [0.29, 0.717) is 31.0 Å². The van der Waals surface area contributed by atoms with Crippen LogP contribution in [-0.4, -0.2) is 37.6 Å². The highest BCUT2D eigenvalue weighted by molar-refractivity contribution is 6.01. The molecule has 8 nitrogen and oxygen atoms in total. The molecule has 0 bridgehead atoms. The summed E-state index contributed by atoms with van der Waals surface area (Å²) < 4.78 is 5.21. The Morgan fingerprint density at radius 3 is 2.68 bits per heavy atom. The fourth-order valence-electron chi connectivity index (χ4n) is 1.66. The number of amides is 1.